The number of hydrogen-bond donors (Lipinski definition) is 1. The van der Waals surface area contributed by atoms with Crippen molar-refractivity contribution in [3.05, 3.63) is 46.3 Å². The van der Waals surface area contributed by atoms with Crippen molar-refractivity contribution < 1.29 is 14.1 Å². The predicted octanol–water partition coefficient (Wildman–Crippen LogP) is 2.60. The van der Waals surface area contributed by atoms with Crippen molar-refractivity contribution in [2.45, 2.75) is 0 Å². The van der Waals surface area contributed by atoms with Crippen LogP contribution in [0.2, 0.25) is 0 Å². The molecule has 0 atom stereocenters. The van der Waals surface area contributed by atoms with Gasteiger partial charge in [0.15, 0.2) is 0 Å². The van der Waals surface area contributed by atoms with Crippen molar-refractivity contribution in [3.63, 3.8) is 0 Å². The van der Waals surface area contributed by atoms with Gasteiger partial charge >= 0.3 is 5.69 Å². The molecular formula is C10H10FNO3S. The lowest BCUT2D eigenvalue weighted by Gasteiger charge is -2.06. The van der Waals surface area contributed by atoms with E-state index in [-0.39, 0.29) is 12.4 Å². The SMILES string of the molecule is C=C(CS)COc1ccc([N+](=O)[O-])c(F)c1. The molecule has 0 radical (unpaired) electrons. The maximum atomic E-state index is 13.1. The molecule has 1 aromatic carbocycles. The van der Waals surface area contributed by atoms with Gasteiger partial charge in [0.25, 0.3) is 0 Å². The van der Waals surface area contributed by atoms with E-state index in [0.29, 0.717) is 5.75 Å². The maximum absolute atomic E-state index is 13.1. The Morgan fingerprint density at radius 1 is 1.62 bits per heavy atom. The number of nitro groups is 1. The van der Waals surface area contributed by atoms with Gasteiger partial charge in [-0.15, -0.1) is 0 Å². The Hall–Kier alpha value is -1.56. The van der Waals surface area contributed by atoms with Gasteiger partial charge in [-0.1, -0.05) is 6.58 Å². The zero-order valence-corrected chi connectivity index (χ0v) is 9.24. The van der Waals surface area contributed by atoms with E-state index in [1.165, 1.54) is 6.07 Å². The van der Waals surface area contributed by atoms with Gasteiger partial charge in [0, 0.05) is 17.9 Å². The molecule has 0 aliphatic carbocycles. The van der Waals surface area contributed by atoms with Crippen molar-refractivity contribution >= 4 is 18.3 Å². The molecule has 6 heteroatoms. The van der Waals surface area contributed by atoms with Crippen LogP contribution in [0.5, 0.6) is 5.75 Å². The van der Waals surface area contributed by atoms with E-state index in [9.17, 15) is 14.5 Å². The molecule has 0 N–H and O–H groups in total. The van der Waals surface area contributed by atoms with E-state index < -0.39 is 16.4 Å². The Morgan fingerprint density at radius 2 is 2.31 bits per heavy atom. The van der Waals surface area contributed by atoms with Crippen LogP contribution in [0.1, 0.15) is 0 Å². The molecule has 4 nitrogen and oxygen atoms in total. The molecule has 1 aromatic rings. The summed E-state index contributed by atoms with van der Waals surface area (Å²) in [5.74, 6) is -0.222. The number of rotatable bonds is 5. The fourth-order valence-electron chi connectivity index (χ4n) is 0.957. The van der Waals surface area contributed by atoms with E-state index in [2.05, 4.69) is 19.2 Å². The van der Waals surface area contributed by atoms with Gasteiger partial charge in [-0.2, -0.15) is 17.0 Å². The summed E-state index contributed by atoms with van der Waals surface area (Å²) < 4.78 is 18.3. The summed E-state index contributed by atoms with van der Waals surface area (Å²) in [6, 6.07) is 3.38. The van der Waals surface area contributed by atoms with Crippen molar-refractivity contribution in [2.24, 2.45) is 0 Å². The first-order valence-electron chi connectivity index (χ1n) is 4.39. The fourth-order valence-corrected chi connectivity index (χ4v) is 1.05. The molecular weight excluding hydrogens is 233 g/mol. The van der Waals surface area contributed by atoms with Crippen LogP contribution in [0.3, 0.4) is 0 Å². The first-order chi connectivity index (χ1) is 7.54. The molecule has 0 aromatic heterocycles. The zero-order valence-electron chi connectivity index (χ0n) is 8.35. The summed E-state index contributed by atoms with van der Waals surface area (Å²) in [6.45, 7) is 3.86. The standard InChI is InChI=1S/C10H10FNO3S/c1-7(6-16)5-15-8-2-3-10(12(13)14)9(11)4-8/h2-4,16H,1,5-6H2. The van der Waals surface area contributed by atoms with Crippen LogP contribution in [0.15, 0.2) is 30.4 Å². The number of halogens is 1. The molecule has 0 bridgehead atoms. The smallest absolute Gasteiger partial charge is 0.305 e. The molecule has 0 heterocycles. The topological polar surface area (TPSA) is 52.4 Å². The van der Waals surface area contributed by atoms with E-state index in [0.717, 1.165) is 17.7 Å². The van der Waals surface area contributed by atoms with Crippen LogP contribution in [0, 0.1) is 15.9 Å². The number of nitro benzene ring substituents is 1. The average Bonchev–Trinajstić information content (AvgIpc) is 2.25. The zero-order chi connectivity index (χ0) is 12.1. The molecule has 0 saturated carbocycles. The Labute approximate surface area is 97.3 Å². The third-order valence-electron chi connectivity index (χ3n) is 1.78. The second kappa shape index (κ2) is 5.50. The maximum Gasteiger partial charge on any atom is 0.305 e. The molecule has 86 valence electrons. The molecule has 0 spiro atoms. The number of benzene rings is 1. The Bertz CT molecular complexity index is 423. The van der Waals surface area contributed by atoms with Gasteiger partial charge in [0.1, 0.15) is 12.4 Å². The molecule has 0 aliphatic heterocycles. The predicted molar refractivity (Wildman–Crippen MR) is 61.5 cm³/mol. The fraction of sp³-hybridized carbons (Fsp3) is 0.200. The lowest BCUT2D eigenvalue weighted by atomic mass is 10.3. The number of thiol groups is 1. The lowest BCUT2D eigenvalue weighted by molar-refractivity contribution is -0.387. The summed E-state index contributed by atoms with van der Waals surface area (Å²) in [5, 5.41) is 10.3. The number of nitrogens with zero attached hydrogens (tertiary/aromatic N) is 1. The van der Waals surface area contributed by atoms with Gasteiger partial charge in [-0.25, -0.2) is 0 Å². The second-order valence-electron chi connectivity index (χ2n) is 3.07. The summed E-state index contributed by atoms with van der Waals surface area (Å²) >= 11 is 3.98. The van der Waals surface area contributed by atoms with Crippen LogP contribution in [-0.2, 0) is 0 Å². The largest absolute Gasteiger partial charge is 0.489 e. The minimum absolute atomic E-state index is 0.209. The third kappa shape index (κ3) is 3.23. The van der Waals surface area contributed by atoms with Crippen molar-refractivity contribution in [1.82, 2.24) is 0 Å². The van der Waals surface area contributed by atoms with Gasteiger partial charge in [0.2, 0.25) is 5.82 Å². The van der Waals surface area contributed by atoms with Crippen molar-refractivity contribution in [1.29, 1.82) is 0 Å². The average molecular weight is 243 g/mol. The monoisotopic (exact) mass is 243 g/mol. The highest BCUT2D eigenvalue weighted by atomic mass is 32.1. The van der Waals surface area contributed by atoms with Crippen LogP contribution in [0.4, 0.5) is 10.1 Å². The van der Waals surface area contributed by atoms with Gasteiger partial charge in [-0.05, 0) is 11.6 Å². The lowest BCUT2D eigenvalue weighted by Crippen LogP contribution is -2.02. The molecule has 0 saturated heterocycles. The number of hydrogen-bond acceptors (Lipinski definition) is 4. The van der Waals surface area contributed by atoms with Crippen LogP contribution >= 0.6 is 12.6 Å². The number of ether oxygens (including phenoxy) is 1. The van der Waals surface area contributed by atoms with Gasteiger partial charge in [0.05, 0.1) is 4.92 Å². The van der Waals surface area contributed by atoms with E-state index in [4.69, 9.17) is 4.74 Å². The second-order valence-corrected chi connectivity index (χ2v) is 3.38. The summed E-state index contributed by atoms with van der Waals surface area (Å²) in [5.41, 5.74) is 0.169. The van der Waals surface area contributed by atoms with Crippen LogP contribution in [-0.4, -0.2) is 17.3 Å². The van der Waals surface area contributed by atoms with Crippen molar-refractivity contribution in [3.8, 4) is 5.75 Å². The molecule has 0 amide bonds. The highest BCUT2D eigenvalue weighted by Gasteiger charge is 2.14. The molecule has 1 rings (SSSR count). The first kappa shape index (κ1) is 12.5. The molecule has 0 aliphatic rings. The Kier molecular flexibility index (Phi) is 4.30. The van der Waals surface area contributed by atoms with Gasteiger partial charge < -0.3 is 4.74 Å². The third-order valence-corrected chi connectivity index (χ3v) is 2.23. The van der Waals surface area contributed by atoms with Crippen LogP contribution < -0.4 is 4.74 Å². The molecule has 16 heavy (non-hydrogen) atoms. The Morgan fingerprint density at radius 3 is 2.81 bits per heavy atom. The minimum atomic E-state index is -0.918. The normalized spacial score (nSPS) is 9.88. The van der Waals surface area contributed by atoms with E-state index in [1.807, 2.05) is 0 Å². The van der Waals surface area contributed by atoms with E-state index in [1.54, 1.807) is 0 Å². The van der Waals surface area contributed by atoms with Crippen molar-refractivity contribution in [2.75, 3.05) is 12.4 Å². The Balaban J connectivity index is 2.74. The summed E-state index contributed by atoms with van der Waals surface area (Å²) in [4.78, 5) is 9.56. The minimum Gasteiger partial charge on any atom is -0.489 e. The summed E-state index contributed by atoms with van der Waals surface area (Å²) in [6.07, 6.45) is 0. The van der Waals surface area contributed by atoms with Gasteiger partial charge in [-0.3, -0.25) is 10.1 Å². The molecule has 0 unspecified atom stereocenters. The van der Waals surface area contributed by atoms with E-state index >= 15 is 0 Å². The summed E-state index contributed by atoms with van der Waals surface area (Å²) in [7, 11) is 0. The highest BCUT2D eigenvalue weighted by Crippen LogP contribution is 2.22. The first-order valence-corrected chi connectivity index (χ1v) is 5.02. The quantitative estimate of drug-likeness (QED) is 0.374. The highest BCUT2D eigenvalue weighted by molar-refractivity contribution is 7.80. The molecule has 0 fully saturated rings. The van der Waals surface area contributed by atoms with Crippen LogP contribution in [0.25, 0.3) is 0 Å².